The van der Waals surface area contributed by atoms with Crippen LogP contribution < -0.4 is 10.5 Å². The standard InChI is InChI=1S/C18H22ClN5O/c1-2-3-9-25-18-22-16(20)15-17(23-18)24(12-21-15)8-7-13-5-4-6-14(10-13)11-19/h4-6,10,12H,2-3,7-9,11H2,1H3,(H2,20,22,23). The van der Waals surface area contributed by atoms with Gasteiger partial charge >= 0.3 is 6.01 Å². The van der Waals surface area contributed by atoms with Gasteiger partial charge in [0, 0.05) is 12.4 Å². The first-order valence-electron chi connectivity index (χ1n) is 8.46. The molecule has 1 aromatic carbocycles. The molecule has 2 N–H and O–H groups in total. The van der Waals surface area contributed by atoms with Gasteiger partial charge in [0.2, 0.25) is 0 Å². The number of nitrogen functional groups attached to an aromatic ring is 1. The molecule has 3 rings (SSSR count). The molecule has 3 aromatic rings. The zero-order valence-electron chi connectivity index (χ0n) is 14.3. The number of hydrogen-bond donors (Lipinski definition) is 1. The summed E-state index contributed by atoms with van der Waals surface area (Å²) in [6, 6.07) is 8.58. The van der Waals surface area contributed by atoms with Crippen molar-refractivity contribution in [2.75, 3.05) is 12.3 Å². The van der Waals surface area contributed by atoms with E-state index in [0.717, 1.165) is 31.4 Å². The maximum Gasteiger partial charge on any atom is 0.320 e. The average Bonchev–Trinajstić information content (AvgIpc) is 3.04. The third-order valence-corrected chi connectivity index (χ3v) is 4.30. The van der Waals surface area contributed by atoms with Gasteiger partial charge in [0.05, 0.1) is 12.9 Å². The molecule has 0 saturated heterocycles. The van der Waals surface area contributed by atoms with Crippen molar-refractivity contribution in [3.8, 4) is 6.01 Å². The highest BCUT2D eigenvalue weighted by Gasteiger charge is 2.12. The number of benzene rings is 1. The molecule has 6 nitrogen and oxygen atoms in total. The summed E-state index contributed by atoms with van der Waals surface area (Å²) in [7, 11) is 0. The second-order valence-corrected chi connectivity index (χ2v) is 6.17. The van der Waals surface area contributed by atoms with Crippen molar-refractivity contribution in [3.63, 3.8) is 0 Å². The Kier molecular flexibility index (Phi) is 5.71. The van der Waals surface area contributed by atoms with E-state index in [4.69, 9.17) is 22.1 Å². The van der Waals surface area contributed by atoms with E-state index in [1.165, 1.54) is 5.56 Å². The number of imidazole rings is 1. The molecule has 0 radical (unpaired) electrons. The van der Waals surface area contributed by atoms with Gasteiger partial charge in [-0.3, -0.25) is 0 Å². The average molecular weight is 360 g/mol. The third-order valence-electron chi connectivity index (χ3n) is 3.99. The first kappa shape index (κ1) is 17.5. The molecule has 0 unspecified atom stereocenters. The molecule has 0 fully saturated rings. The second kappa shape index (κ2) is 8.16. The number of aromatic nitrogens is 4. The molecule has 0 bridgehead atoms. The van der Waals surface area contributed by atoms with Crippen LogP contribution in [0.2, 0.25) is 0 Å². The quantitative estimate of drug-likeness (QED) is 0.491. The molecule has 2 heterocycles. The molecular formula is C18H22ClN5O. The lowest BCUT2D eigenvalue weighted by atomic mass is 10.1. The van der Waals surface area contributed by atoms with E-state index in [9.17, 15) is 0 Å². The highest BCUT2D eigenvalue weighted by Crippen LogP contribution is 2.20. The highest BCUT2D eigenvalue weighted by molar-refractivity contribution is 6.17. The number of anilines is 1. The largest absolute Gasteiger partial charge is 0.463 e. The number of hydrogen-bond acceptors (Lipinski definition) is 5. The first-order chi connectivity index (χ1) is 12.2. The van der Waals surface area contributed by atoms with Crippen molar-refractivity contribution in [3.05, 3.63) is 41.7 Å². The van der Waals surface area contributed by atoms with Crippen LogP contribution in [0.25, 0.3) is 11.2 Å². The van der Waals surface area contributed by atoms with Crippen LogP contribution >= 0.6 is 11.6 Å². The minimum absolute atomic E-state index is 0.310. The van der Waals surface area contributed by atoms with Crippen LogP contribution in [0.5, 0.6) is 6.01 Å². The molecule has 25 heavy (non-hydrogen) atoms. The second-order valence-electron chi connectivity index (χ2n) is 5.91. The minimum Gasteiger partial charge on any atom is -0.463 e. The molecule has 0 saturated carbocycles. The van der Waals surface area contributed by atoms with Gasteiger partial charge in [-0.25, -0.2) is 4.98 Å². The topological polar surface area (TPSA) is 78.9 Å². The van der Waals surface area contributed by atoms with Crippen molar-refractivity contribution >= 4 is 28.6 Å². The van der Waals surface area contributed by atoms with E-state index >= 15 is 0 Å². The van der Waals surface area contributed by atoms with Crippen LogP contribution in [-0.4, -0.2) is 26.1 Å². The Bertz CT molecular complexity index is 849. The molecule has 0 aliphatic heterocycles. The number of aryl methyl sites for hydroxylation is 2. The number of nitrogens with zero attached hydrogens (tertiary/aromatic N) is 4. The van der Waals surface area contributed by atoms with E-state index in [2.05, 4.69) is 34.0 Å². The van der Waals surface area contributed by atoms with Crippen LogP contribution in [0, 0.1) is 0 Å². The number of nitrogens with two attached hydrogens (primary N) is 1. The first-order valence-corrected chi connectivity index (χ1v) is 8.99. The molecule has 0 aliphatic carbocycles. The Labute approximate surface area is 152 Å². The zero-order valence-corrected chi connectivity index (χ0v) is 15.0. The van der Waals surface area contributed by atoms with Crippen LogP contribution in [0.15, 0.2) is 30.6 Å². The van der Waals surface area contributed by atoms with Crippen LogP contribution in [0.4, 0.5) is 5.82 Å². The smallest absolute Gasteiger partial charge is 0.320 e. The van der Waals surface area contributed by atoms with Gasteiger partial charge in [0.1, 0.15) is 0 Å². The van der Waals surface area contributed by atoms with Gasteiger partial charge in [0.25, 0.3) is 0 Å². The summed E-state index contributed by atoms with van der Waals surface area (Å²) in [6.07, 6.45) is 4.61. The van der Waals surface area contributed by atoms with Crippen molar-refractivity contribution in [1.82, 2.24) is 19.5 Å². The van der Waals surface area contributed by atoms with Crippen molar-refractivity contribution in [2.24, 2.45) is 0 Å². The number of halogens is 1. The molecular weight excluding hydrogens is 338 g/mol. The fourth-order valence-corrected chi connectivity index (χ4v) is 2.77. The monoisotopic (exact) mass is 359 g/mol. The van der Waals surface area contributed by atoms with Gasteiger partial charge in [-0.2, -0.15) is 9.97 Å². The normalized spacial score (nSPS) is 11.1. The summed E-state index contributed by atoms with van der Waals surface area (Å²) < 4.78 is 7.57. The molecule has 132 valence electrons. The lowest BCUT2D eigenvalue weighted by molar-refractivity contribution is 0.286. The summed E-state index contributed by atoms with van der Waals surface area (Å²) in [5.74, 6) is 0.865. The molecule has 2 aromatic heterocycles. The van der Waals surface area contributed by atoms with Gasteiger partial charge in [-0.1, -0.05) is 37.6 Å². The van der Waals surface area contributed by atoms with Gasteiger partial charge in [-0.15, -0.1) is 11.6 Å². The Morgan fingerprint density at radius 3 is 2.88 bits per heavy atom. The molecule has 7 heteroatoms. The zero-order chi connectivity index (χ0) is 17.6. The lowest BCUT2D eigenvalue weighted by Crippen LogP contribution is -2.06. The highest BCUT2D eigenvalue weighted by atomic mass is 35.5. The molecule has 0 atom stereocenters. The third kappa shape index (κ3) is 4.20. The van der Waals surface area contributed by atoms with Gasteiger partial charge in [0.15, 0.2) is 17.0 Å². The molecule has 0 aliphatic rings. The van der Waals surface area contributed by atoms with E-state index < -0.39 is 0 Å². The lowest BCUT2D eigenvalue weighted by Gasteiger charge is -2.07. The van der Waals surface area contributed by atoms with Crippen molar-refractivity contribution in [2.45, 2.75) is 38.6 Å². The van der Waals surface area contributed by atoms with Gasteiger partial charge in [-0.05, 0) is 24.0 Å². The summed E-state index contributed by atoms with van der Waals surface area (Å²) in [5.41, 5.74) is 9.65. The van der Waals surface area contributed by atoms with Crippen LogP contribution in [0.1, 0.15) is 30.9 Å². The molecule has 0 amide bonds. The van der Waals surface area contributed by atoms with Crippen LogP contribution in [0.3, 0.4) is 0 Å². The fraction of sp³-hybridized carbons (Fsp3) is 0.389. The maximum absolute atomic E-state index is 6.00. The number of rotatable bonds is 8. The number of fused-ring (bicyclic) bond motifs is 1. The van der Waals surface area contributed by atoms with E-state index in [1.54, 1.807) is 6.33 Å². The number of unbranched alkanes of at least 4 members (excludes halogenated alkanes) is 1. The minimum atomic E-state index is 0.310. The Hall–Kier alpha value is -2.34. The van der Waals surface area contributed by atoms with E-state index in [-0.39, 0.29) is 0 Å². The van der Waals surface area contributed by atoms with E-state index in [1.807, 2.05) is 16.7 Å². The van der Waals surface area contributed by atoms with Crippen molar-refractivity contribution in [1.29, 1.82) is 0 Å². The summed E-state index contributed by atoms with van der Waals surface area (Å²) >= 11 is 5.90. The van der Waals surface area contributed by atoms with E-state index in [0.29, 0.717) is 35.5 Å². The molecule has 0 spiro atoms. The number of alkyl halides is 1. The maximum atomic E-state index is 6.00. The Morgan fingerprint density at radius 2 is 2.08 bits per heavy atom. The van der Waals surface area contributed by atoms with Crippen molar-refractivity contribution < 1.29 is 4.74 Å². The summed E-state index contributed by atoms with van der Waals surface area (Å²) in [6.45, 7) is 3.43. The Morgan fingerprint density at radius 1 is 1.24 bits per heavy atom. The fourth-order valence-electron chi connectivity index (χ4n) is 2.60. The predicted octanol–water partition coefficient (Wildman–Crippen LogP) is 3.57. The summed E-state index contributed by atoms with van der Waals surface area (Å²) in [4.78, 5) is 13.0. The summed E-state index contributed by atoms with van der Waals surface area (Å²) in [5, 5.41) is 0. The predicted molar refractivity (Wildman–Crippen MR) is 99.8 cm³/mol. The Balaban J connectivity index is 1.78. The van der Waals surface area contributed by atoms with Crippen LogP contribution in [-0.2, 0) is 18.8 Å². The number of ether oxygens (including phenoxy) is 1. The van der Waals surface area contributed by atoms with Gasteiger partial charge < -0.3 is 15.0 Å². The SMILES string of the molecule is CCCCOc1nc(N)c2ncn(CCc3cccc(CCl)c3)c2n1.